The first-order chi connectivity index (χ1) is 9.94. The van der Waals surface area contributed by atoms with Crippen molar-refractivity contribution in [1.82, 2.24) is 0 Å². The summed E-state index contributed by atoms with van der Waals surface area (Å²) in [6.07, 6.45) is 8.16. The highest BCUT2D eigenvalue weighted by atomic mass is 19.1. The van der Waals surface area contributed by atoms with Crippen LogP contribution in [0.2, 0.25) is 0 Å². The minimum Gasteiger partial charge on any atom is -0.488 e. The van der Waals surface area contributed by atoms with E-state index < -0.39 is 0 Å². The number of ether oxygens (including phenoxy) is 1. The molecule has 0 fully saturated rings. The largest absolute Gasteiger partial charge is 0.488 e. The monoisotopic (exact) mass is 284 g/mol. The van der Waals surface area contributed by atoms with Gasteiger partial charge in [-0.15, -0.1) is 0 Å². The van der Waals surface area contributed by atoms with Crippen molar-refractivity contribution >= 4 is 6.08 Å². The fourth-order valence-corrected chi connectivity index (χ4v) is 3.41. The zero-order chi connectivity index (χ0) is 15.0. The average Bonchev–Trinajstić information content (AvgIpc) is 2.36. The first-order valence-electron chi connectivity index (χ1n) is 7.51. The number of rotatable bonds is 1. The van der Waals surface area contributed by atoms with Crippen LogP contribution in [0.15, 0.2) is 53.3 Å². The lowest BCUT2D eigenvalue weighted by Crippen LogP contribution is -2.33. The van der Waals surface area contributed by atoms with E-state index in [2.05, 4.69) is 39.0 Å². The average molecular weight is 284 g/mol. The number of halogens is 1. The Morgan fingerprint density at radius 2 is 2.14 bits per heavy atom. The molecule has 1 nitrogen and oxygen atoms in total. The van der Waals surface area contributed by atoms with Crippen LogP contribution in [0.1, 0.15) is 39.2 Å². The molecule has 2 aliphatic rings. The maximum Gasteiger partial charge on any atom is 0.123 e. The fourth-order valence-electron chi connectivity index (χ4n) is 3.41. The van der Waals surface area contributed by atoms with Gasteiger partial charge in [-0.25, -0.2) is 4.39 Å². The quantitative estimate of drug-likeness (QED) is 0.683. The van der Waals surface area contributed by atoms with Crippen molar-refractivity contribution in [2.75, 3.05) is 0 Å². The zero-order valence-electron chi connectivity index (χ0n) is 12.8. The summed E-state index contributed by atoms with van der Waals surface area (Å²) in [5, 5.41) is 0. The van der Waals surface area contributed by atoms with E-state index in [-0.39, 0.29) is 11.4 Å². The number of benzene rings is 1. The van der Waals surface area contributed by atoms with E-state index in [9.17, 15) is 4.39 Å². The van der Waals surface area contributed by atoms with Crippen LogP contribution in [0.25, 0.3) is 6.08 Å². The van der Waals surface area contributed by atoms with Gasteiger partial charge in [0.25, 0.3) is 0 Å². The summed E-state index contributed by atoms with van der Waals surface area (Å²) in [5.41, 5.74) is 3.30. The molecule has 0 amide bonds. The molecule has 1 aliphatic carbocycles. The Hall–Kier alpha value is -1.83. The van der Waals surface area contributed by atoms with Crippen molar-refractivity contribution < 1.29 is 9.13 Å². The van der Waals surface area contributed by atoms with Gasteiger partial charge in [0.1, 0.15) is 17.2 Å². The molecule has 1 heterocycles. The highest BCUT2D eigenvalue weighted by Crippen LogP contribution is 2.42. The lowest BCUT2D eigenvalue weighted by Gasteiger charge is -2.39. The highest BCUT2D eigenvalue weighted by molar-refractivity contribution is 5.62. The molecule has 3 rings (SSSR count). The lowest BCUT2D eigenvalue weighted by atomic mass is 9.79. The van der Waals surface area contributed by atoms with Crippen LogP contribution in [0, 0.1) is 11.7 Å². The molecule has 0 N–H and O–H groups in total. The minimum absolute atomic E-state index is 0.121. The molecule has 0 bridgehead atoms. The van der Waals surface area contributed by atoms with Crippen LogP contribution in [-0.2, 0) is 4.74 Å². The second-order valence-corrected chi connectivity index (χ2v) is 6.58. The highest BCUT2D eigenvalue weighted by Gasteiger charge is 2.34. The summed E-state index contributed by atoms with van der Waals surface area (Å²) >= 11 is 0. The van der Waals surface area contributed by atoms with Crippen LogP contribution in [0.3, 0.4) is 0 Å². The van der Waals surface area contributed by atoms with Crippen molar-refractivity contribution in [3.05, 3.63) is 64.7 Å². The standard InChI is InChI=1S/C19H21FO/c1-13-12-19(2,3)21-17-9-5-7-15(18(13)17)10-14-6-4-8-16(20)11-14/h4-6,8-11,13H,7,12H2,1-3H3. The first-order valence-corrected chi connectivity index (χ1v) is 7.51. The summed E-state index contributed by atoms with van der Waals surface area (Å²) < 4.78 is 19.5. The van der Waals surface area contributed by atoms with E-state index in [1.54, 1.807) is 12.1 Å². The summed E-state index contributed by atoms with van der Waals surface area (Å²) in [7, 11) is 0. The van der Waals surface area contributed by atoms with Gasteiger partial charge >= 0.3 is 0 Å². The number of allylic oxidation sites excluding steroid dienone is 4. The first kappa shape index (κ1) is 14.1. The molecule has 1 atom stereocenters. The Bertz CT molecular complexity index is 649. The van der Waals surface area contributed by atoms with E-state index in [0.29, 0.717) is 5.92 Å². The number of hydrogen-bond donors (Lipinski definition) is 0. The van der Waals surface area contributed by atoms with Crippen molar-refractivity contribution in [3.63, 3.8) is 0 Å². The fraction of sp³-hybridized carbons (Fsp3) is 0.368. The van der Waals surface area contributed by atoms with Gasteiger partial charge in [-0.1, -0.05) is 31.2 Å². The van der Waals surface area contributed by atoms with Crippen LogP contribution in [0.5, 0.6) is 0 Å². The van der Waals surface area contributed by atoms with Gasteiger partial charge in [-0.2, -0.15) is 0 Å². The Labute approximate surface area is 125 Å². The Morgan fingerprint density at radius 1 is 1.33 bits per heavy atom. The molecular weight excluding hydrogens is 263 g/mol. The second-order valence-electron chi connectivity index (χ2n) is 6.58. The molecule has 0 saturated carbocycles. The minimum atomic E-state index is -0.195. The maximum absolute atomic E-state index is 13.4. The van der Waals surface area contributed by atoms with Crippen molar-refractivity contribution in [2.45, 2.75) is 39.2 Å². The second kappa shape index (κ2) is 5.18. The molecule has 1 aromatic carbocycles. The molecule has 1 aromatic rings. The molecule has 2 heteroatoms. The van der Waals surface area contributed by atoms with Crippen LogP contribution in [0.4, 0.5) is 4.39 Å². The van der Waals surface area contributed by atoms with E-state index in [1.165, 1.54) is 17.2 Å². The van der Waals surface area contributed by atoms with Crippen LogP contribution < -0.4 is 0 Å². The van der Waals surface area contributed by atoms with E-state index in [4.69, 9.17) is 4.74 Å². The van der Waals surface area contributed by atoms with E-state index in [0.717, 1.165) is 24.2 Å². The van der Waals surface area contributed by atoms with Gasteiger partial charge in [-0.05, 0) is 62.0 Å². The molecule has 1 aliphatic heterocycles. The topological polar surface area (TPSA) is 9.23 Å². The molecule has 110 valence electrons. The van der Waals surface area contributed by atoms with Gasteiger partial charge in [0.05, 0.1) is 0 Å². The predicted octanol–water partition coefficient (Wildman–Crippen LogP) is 5.26. The molecule has 0 aromatic heterocycles. The van der Waals surface area contributed by atoms with Crippen molar-refractivity contribution in [1.29, 1.82) is 0 Å². The van der Waals surface area contributed by atoms with E-state index >= 15 is 0 Å². The zero-order valence-corrected chi connectivity index (χ0v) is 12.8. The van der Waals surface area contributed by atoms with Gasteiger partial charge in [0, 0.05) is 5.57 Å². The Balaban J connectivity index is 2.01. The summed E-state index contributed by atoms with van der Waals surface area (Å²) in [6.45, 7) is 6.51. The maximum atomic E-state index is 13.4. The Morgan fingerprint density at radius 3 is 2.90 bits per heavy atom. The van der Waals surface area contributed by atoms with Crippen molar-refractivity contribution in [2.24, 2.45) is 5.92 Å². The lowest BCUT2D eigenvalue weighted by molar-refractivity contribution is 0.00677. The third kappa shape index (κ3) is 2.94. The summed E-state index contributed by atoms with van der Waals surface area (Å²) in [6, 6.07) is 6.73. The van der Waals surface area contributed by atoms with Gasteiger partial charge < -0.3 is 4.74 Å². The van der Waals surface area contributed by atoms with Crippen molar-refractivity contribution in [3.8, 4) is 0 Å². The number of hydrogen-bond acceptors (Lipinski definition) is 1. The Kier molecular flexibility index (Phi) is 3.48. The van der Waals surface area contributed by atoms with E-state index in [1.807, 2.05) is 6.07 Å². The molecule has 0 saturated heterocycles. The van der Waals surface area contributed by atoms with Gasteiger partial charge in [0.15, 0.2) is 0 Å². The normalized spacial score (nSPS) is 25.7. The SMILES string of the molecule is CC1CC(C)(C)OC2=C1C(=Cc1cccc(F)c1)CC=C2. The predicted molar refractivity (Wildman–Crippen MR) is 84.1 cm³/mol. The molecule has 0 radical (unpaired) electrons. The summed E-state index contributed by atoms with van der Waals surface area (Å²) in [4.78, 5) is 0. The van der Waals surface area contributed by atoms with Gasteiger partial charge in [-0.3, -0.25) is 0 Å². The van der Waals surface area contributed by atoms with Gasteiger partial charge in [0.2, 0.25) is 0 Å². The smallest absolute Gasteiger partial charge is 0.123 e. The third-order valence-corrected chi connectivity index (χ3v) is 4.08. The molecule has 0 spiro atoms. The van der Waals surface area contributed by atoms with Crippen LogP contribution in [-0.4, -0.2) is 5.60 Å². The third-order valence-electron chi connectivity index (χ3n) is 4.08. The molecule has 21 heavy (non-hydrogen) atoms. The van der Waals surface area contributed by atoms with Crippen LogP contribution >= 0.6 is 0 Å². The molecular formula is C19H21FO. The summed E-state index contributed by atoms with van der Waals surface area (Å²) in [5.74, 6) is 1.24. The molecule has 1 unspecified atom stereocenters.